The summed E-state index contributed by atoms with van der Waals surface area (Å²) < 4.78 is 1.72. The molecule has 1 saturated carbocycles. The van der Waals surface area contributed by atoms with Crippen LogP contribution in [0, 0.1) is 0 Å². The summed E-state index contributed by atoms with van der Waals surface area (Å²) >= 11 is 0. The number of nitrogens with zero attached hydrogens (tertiary/aromatic N) is 4. The third-order valence-corrected chi connectivity index (χ3v) is 5.16. The molecular formula is C17H20N6O3. The SMILES string of the molecule is CCn1nnc2cc(C(=O)NN3C(=O)NC4(CCCCC4)C3=O)ccc21. The van der Waals surface area contributed by atoms with E-state index in [4.69, 9.17) is 0 Å². The maximum absolute atomic E-state index is 12.7. The van der Waals surface area contributed by atoms with Gasteiger partial charge in [-0.05, 0) is 38.0 Å². The Kier molecular flexibility index (Phi) is 3.86. The topological polar surface area (TPSA) is 109 Å². The number of hydrazine groups is 1. The van der Waals surface area contributed by atoms with Crippen molar-refractivity contribution in [3.8, 4) is 0 Å². The minimum Gasteiger partial charge on any atom is -0.322 e. The minimum absolute atomic E-state index is 0.311. The van der Waals surface area contributed by atoms with Crippen LogP contribution in [0.5, 0.6) is 0 Å². The monoisotopic (exact) mass is 356 g/mol. The molecule has 1 aliphatic carbocycles. The Morgan fingerprint density at radius 3 is 2.77 bits per heavy atom. The molecule has 1 spiro atoms. The second-order valence-corrected chi connectivity index (χ2v) is 6.76. The van der Waals surface area contributed by atoms with E-state index in [9.17, 15) is 14.4 Å². The predicted molar refractivity (Wildman–Crippen MR) is 91.9 cm³/mol. The first-order chi connectivity index (χ1) is 12.5. The molecule has 9 nitrogen and oxygen atoms in total. The van der Waals surface area contributed by atoms with Crippen molar-refractivity contribution in [2.75, 3.05) is 0 Å². The van der Waals surface area contributed by atoms with Crippen molar-refractivity contribution in [1.82, 2.24) is 30.7 Å². The smallest absolute Gasteiger partial charge is 0.322 e. The Balaban J connectivity index is 1.54. The van der Waals surface area contributed by atoms with E-state index < -0.39 is 17.5 Å². The van der Waals surface area contributed by atoms with Gasteiger partial charge in [-0.25, -0.2) is 9.48 Å². The number of urea groups is 1. The normalized spacial score (nSPS) is 19.2. The molecule has 4 amide bonds. The molecule has 0 bridgehead atoms. The van der Waals surface area contributed by atoms with Crippen molar-refractivity contribution in [2.24, 2.45) is 0 Å². The second-order valence-electron chi connectivity index (χ2n) is 6.76. The summed E-state index contributed by atoms with van der Waals surface area (Å²) in [5.74, 6) is -0.914. The Morgan fingerprint density at radius 1 is 1.27 bits per heavy atom. The minimum atomic E-state index is -0.865. The molecule has 0 atom stereocenters. The maximum Gasteiger partial charge on any atom is 0.344 e. The molecule has 1 aromatic heterocycles. The van der Waals surface area contributed by atoms with Crippen molar-refractivity contribution in [3.63, 3.8) is 0 Å². The van der Waals surface area contributed by atoms with Crippen LogP contribution in [0.4, 0.5) is 4.79 Å². The van der Waals surface area contributed by atoms with Gasteiger partial charge in [0.25, 0.3) is 11.8 Å². The summed E-state index contributed by atoms with van der Waals surface area (Å²) in [6.45, 7) is 2.63. The van der Waals surface area contributed by atoms with Gasteiger partial charge < -0.3 is 5.32 Å². The lowest BCUT2D eigenvalue weighted by Crippen LogP contribution is -2.50. The Bertz CT molecular complexity index is 899. The molecule has 9 heteroatoms. The highest BCUT2D eigenvalue weighted by molar-refractivity contribution is 6.09. The Hall–Kier alpha value is -2.97. The summed E-state index contributed by atoms with van der Waals surface area (Å²) in [5, 5.41) is 11.6. The maximum atomic E-state index is 12.7. The van der Waals surface area contributed by atoms with Crippen LogP contribution in [0.25, 0.3) is 11.0 Å². The van der Waals surface area contributed by atoms with Gasteiger partial charge in [0.1, 0.15) is 11.1 Å². The number of fused-ring (bicyclic) bond motifs is 1. The van der Waals surface area contributed by atoms with Gasteiger partial charge in [-0.3, -0.25) is 15.0 Å². The van der Waals surface area contributed by atoms with Crippen molar-refractivity contribution in [1.29, 1.82) is 0 Å². The number of hydrogen-bond acceptors (Lipinski definition) is 5. The zero-order valence-corrected chi connectivity index (χ0v) is 14.5. The highest BCUT2D eigenvalue weighted by Gasteiger charge is 2.52. The third kappa shape index (κ3) is 2.51. The molecule has 4 rings (SSSR count). The first-order valence-corrected chi connectivity index (χ1v) is 8.85. The fourth-order valence-electron chi connectivity index (χ4n) is 3.73. The average molecular weight is 356 g/mol. The lowest BCUT2D eigenvalue weighted by atomic mass is 9.82. The van der Waals surface area contributed by atoms with E-state index >= 15 is 0 Å². The van der Waals surface area contributed by atoms with Crippen molar-refractivity contribution in [3.05, 3.63) is 23.8 Å². The molecular weight excluding hydrogens is 336 g/mol. The van der Waals surface area contributed by atoms with Crippen LogP contribution < -0.4 is 10.7 Å². The molecule has 2 heterocycles. The first-order valence-electron chi connectivity index (χ1n) is 8.85. The quantitative estimate of drug-likeness (QED) is 0.807. The van der Waals surface area contributed by atoms with Gasteiger partial charge in [0, 0.05) is 12.1 Å². The molecule has 1 aromatic carbocycles. The number of carbonyl (C=O) groups excluding carboxylic acids is 3. The second kappa shape index (κ2) is 6.08. The van der Waals surface area contributed by atoms with E-state index in [1.54, 1.807) is 22.9 Å². The number of hydrogen-bond donors (Lipinski definition) is 2. The number of nitrogens with one attached hydrogen (secondary N) is 2. The fraction of sp³-hybridized carbons (Fsp3) is 0.471. The van der Waals surface area contributed by atoms with Crippen LogP contribution in [-0.2, 0) is 11.3 Å². The van der Waals surface area contributed by atoms with Crippen LogP contribution in [0.2, 0.25) is 0 Å². The number of aryl methyl sites for hydroxylation is 1. The molecule has 2 aliphatic rings. The van der Waals surface area contributed by atoms with Gasteiger partial charge in [0.05, 0.1) is 5.52 Å². The summed E-state index contributed by atoms with van der Waals surface area (Å²) in [6, 6.07) is 4.39. The standard InChI is InChI=1S/C17H20N6O3/c1-2-22-13-7-6-11(10-12(13)19-21-22)14(24)20-23-15(25)17(18-16(23)26)8-4-3-5-9-17/h6-7,10H,2-5,8-9H2,1H3,(H,18,26)(H,20,24). The molecule has 2 fully saturated rings. The van der Waals surface area contributed by atoms with Crippen molar-refractivity contribution < 1.29 is 14.4 Å². The lowest BCUT2D eigenvalue weighted by Gasteiger charge is -2.30. The van der Waals surface area contributed by atoms with E-state index in [0.29, 0.717) is 30.5 Å². The first kappa shape index (κ1) is 16.5. The number of carbonyl (C=O) groups is 3. The number of rotatable bonds is 3. The molecule has 1 aliphatic heterocycles. The van der Waals surface area contributed by atoms with Crippen molar-refractivity contribution in [2.45, 2.75) is 51.1 Å². The van der Waals surface area contributed by atoms with Crippen molar-refractivity contribution >= 4 is 28.9 Å². The van der Waals surface area contributed by atoms with Gasteiger partial charge >= 0.3 is 6.03 Å². The van der Waals surface area contributed by atoms with E-state index in [2.05, 4.69) is 21.1 Å². The largest absolute Gasteiger partial charge is 0.344 e. The number of imide groups is 1. The molecule has 1 saturated heterocycles. The summed E-state index contributed by atoms with van der Waals surface area (Å²) in [4.78, 5) is 37.5. The van der Waals surface area contributed by atoms with E-state index in [1.165, 1.54) is 0 Å². The number of benzene rings is 1. The average Bonchev–Trinajstić information content (AvgIpc) is 3.16. The molecule has 0 radical (unpaired) electrons. The van der Waals surface area contributed by atoms with Gasteiger partial charge in [-0.15, -0.1) is 5.10 Å². The Morgan fingerprint density at radius 2 is 2.04 bits per heavy atom. The molecule has 2 aromatic rings. The van der Waals surface area contributed by atoms with Gasteiger partial charge in [-0.2, -0.15) is 5.01 Å². The highest BCUT2D eigenvalue weighted by Crippen LogP contribution is 2.33. The van der Waals surface area contributed by atoms with Crippen LogP contribution >= 0.6 is 0 Å². The highest BCUT2D eigenvalue weighted by atomic mass is 16.2. The van der Waals surface area contributed by atoms with Gasteiger partial charge in [0.2, 0.25) is 0 Å². The molecule has 2 N–H and O–H groups in total. The lowest BCUT2D eigenvalue weighted by molar-refractivity contribution is -0.134. The zero-order chi connectivity index (χ0) is 18.3. The van der Waals surface area contributed by atoms with Gasteiger partial charge in [-0.1, -0.05) is 24.5 Å². The van der Waals surface area contributed by atoms with Crippen LogP contribution in [0.3, 0.4) is 0 Å². The van der Waals surface area contributed by atoms with Gasteiger partial charge in [0.15, 0.2) is 0 Å². The predicted octanol–water partition coefficient (Wildman–Crippen LogP) is 1.35. The summed E-state index contributed by atoms with van der Waals surface area (Å²) in [7, 11) is 0. The van der Waals surface area contributed by atoms with Crippen LogP contribution in [0.1, 0.15) is 49.4 Å². The Labute approximate surface area is 149 Å². The van der Waals surface area contributed by atoms with Crippen LogP contribution in [-0.4, -0.2) is 43.4 Å². The number of aromatic nitrogens is 3. The van der Waals surface area contributed by atoms with E-state index in [1.807, 2.05) is 6.92 Å². The summed E-state index contributed by atoms with van der Waals surface area (Å²) in [5.41, 5.74) is 3.28. The van der Waals surface area contributed by atoms with E-state index in [-0.39, 0.29) is 5.91 Å². The zero-order valence-electron chi connectivity index (χ0n) is 14.5. The fourth-order valence-corrected chi connectivity index (χ4v) is 3.73. The van der Waals surface area contributed by atoms with E-state index in [0.717, 1.165) is 29.8 Å². The number of amides is 4. The summed E-state index contributed by atoms with van der Waals surface area (Å²) in [6.07, 6.45) is 4.04. The molecule has 0 unspecified atom stereocenters. The molecule has 26 heavy (non-hydrogen) atoms. The van der Waals surface area contributed by atoms with Crippen LogP contribution in [0.15, 0.2) is 18.2 Å². The third-order valence-electron chi connectivity index (χ3n) is 5.16. The molecule has 136 valence electrons.